The van der Waals surface area contributed by atoms with Crippen molar-refractivity contribution in [2.24, 2.45) is 0 Å². The number of nitrogens with zero attached hydrogens (tertiary/aromatic N) is 1. The van der Waals surface area contributed by atoms with Gasteiger partial charge in [-0.15, -0.1) is 11.3 Å². The van der Waals surface area contributed by atoms with Crippen molar-refractivity contribution in [3.63, 3.8) is 0 Å². The number of benzene rings is 1. The lowest BCUT2D eigenvalue weighted by molar-refractivity contribution is 0.415. The first-order valence-corrected chi connectivity index (χ1v) is 6.92. The fourth-order valence-electron chi connectivity index (χ4n) is 2.12. The number of thiazole rings is 1. The van der Waals surface area contributed by atoms with Crippen LogP contribution < -0.4 is 10.1 Å². The third-order valence-corrected chi connectivity index (χ3v) is 4.69. The van der Waals surface area contributed by atoms with Crippen LogP contribution in [0.4, 0.5) is 0 Å². The van der Waals surface area contributed by atoms with Gasteiger partial charge in [-0.1, -0.05) is 0 Å². The van der Waals surface area contributed by atoms with E-state index in [4.69, 9.17) is 4.74 Å². The number of hydrogen-bond donors (Lipinski definition) is 1. The summed E-state index contributed by atoms with van der Waals surface area (Å²) in [5, 5.41) is 4.42. The molecule has 0 bridgehead atoms. The van der Waals surface area contributed by atoms with Gasteiger partial charge >= 0.3 is 0 Å². The number of aryl methyl sites for hydroxylation is 1. The number of rotatable bonds is 3. The second-order valence-corrected chi connectivity index (χ2v) is 5.58. The number of ether oxygens (including phenoxy) is 1. The van der Waals surface area contributed by atoms with Crippen LogP contribution in [0.15, 0.2) is 24.3 Å². The lowest BCUT2D eigenvalue weighted by Gasteiger charge is -2.26. The Hall–Kier alpha value is -1.39. The van der Waals surface area contributed by atoms with E-state index in [1.807, 2.05) is 23.5 Å². The Morgan fingerprint density at radius 1 is 1.28 bits per heavy atom. The van der Waals surface area contributed by atoms with Gasteiger partial charge in [-0.05, 0) is 31.2 Å². The summed E-state index contributed by atoms with van der Waals surface area (Å²) in [7, 11) is 1.68. The molecule has 4 heteroatoms. The van der Waals surface area contributed by atoms with E-state index in [0.29, 0.717) is 5.92 Å². The van der Waals surface area contributed by atoms with Crippen molar-refractivity contribution in [3.05, 3.63) is 34.8 Å². The molecule has 0 radical (unpaired) electrons. The summed E-state index contributed by atoms with van der Waals surface area (Å²) in [6.45, 7) is 4.29. The third kappa shape index (κ3) is 2.02. The minimum Gasteiger partial charge on any atom is -0.497 e. The van der Waals surface area contributed by atoms with Gasteiger partial charge in [0.25, 0.3) is 0 Å². The number of aromatic nitrogens is 1. The van der Waals surface area contributed by atoms with E-state index >= 15 is 0 Å². The standard InChI is InChI=1S/C14H16N2OS/c1-9-13(11-7-15-8-11)18-14(16-9)10-3-5-12(17-2)6-4-10/h3-6,11,15H,7-8H2,1-2H3. The Morgan fingerprint density at radius 2 is 2.00 bits per heavy atom. The average Bonchev–Trinajstić information content (AvgIpc) is 2.70. The molecule has 2 aromatic rings. The van der Waals surface area contributed by atoms with E-state index in [-0.39, 0.29) is 0 Å². The maximum Gasteiger partial charge on any atom is 0.123 e. The first kappa shape index (κ1) is 11.7. The molecule has 18 heavy (non-hydrogen) atoms. The molecule has 1 aromatic carbocycles. The van der Waals surface area contributed by atoms with Crippen molar-refractivity contribution in [1.82, 2.24) is 10.3 Å². The summed E-state index contributed by atoms with van der Waals surface area (Å²) >= 11 is 1.82. The van der Waals surface area contributed by atoms with Gasteiger partial charge in [0.05, 0.1) is 12.8 Å². The molecular formula is C14H16N2OS. The van der Waals surface area contributed by atoms with Crippen LogP contribution >= 0.6 is 11.3 Å². The molecule has 0 saturated carbocycles. The third-order valence-electron chi connectivity index (χ3n) is 3.32. The Labute approximate surface area is 111 Å². The molecule has 0 unspecified atom stereocenters. The van der Waals surface area contributed by atoms with E-state index in [0.717, 1.165) is 23.8 Å². The van der Waals surface area contributed by atoms with Crippen molar-refractivity contribution < 1.29 is 4.74 Å². The van der Waals surface area contributed by atoms with Gasteiger partial charge in [0.2, 0.25) is 0 Å². The average molecular weight is 260 g/mol. The van der Waals surface area contributed by atoms with Gasteiger partial charge in [0.15, 0.2) is 0 Å². The van der Waals surface area contributed by atoms with E-state index < -0.39 is 0 Å². The smallest absolute Gasteiger partial charge is 0.123 e. The van der Waals surface area contributed by atoms with Crippen LogP contribution in [0.1, 0.15) is 16.5 Å². The van der Waals surface area contributed by atoms with Crippen molar-refractivity contribution >= 4 is 11.3 Å². The van der Waals surface area contributed by atoms with Crippen LogP contribution in [0.5, 0.6) is 5.75 Å². The first-order valence-electron chi connectivity index (χ1n) is 6.10. The maximum absolute atomic E-state index is 5.17. The minimum absolute atomic E-state index is 0.662. The summed E-state index contributed by atoms with van der Waals surface area (Å²) < 4.78 is 5.17. The van der Waals surface area contributed by atoms with E-state index in [9.17, 15) is 0 Å². The molecule has 1 fully saturated rings. The number of hydrogen-bond acceptors (Lipinski definition) is 4. The zero-order valence-electron chi connectivity index (χ0n) is 10.6. The molecule has 3 rings (SSSR count). The molecule has 1 aliphatic heterocycles. The van der Waals surface area contributed by atoms with Crippen molar-refractivity contribution in [2.45, 2.75) is 12.8 Å². The van der Waals surface area contributed by atoms with E-state index in [1.165, 1.54) is 16.1 Å². The minimum atomic E-state index is 0.662. The highest BCUT2D eigenvalue weighted by Gasteiger charge is 2.24. The Balaban J connectivity index is 1.90. The van der Waals surface area contributed by atoms with Gasteiger partial charge in [0, 0.05) is 29.4 Å². The zero-order valence-corrected chi connectivity index (χ0v) is 11.4. The summed E-state index contributed by atoms with van der Waals surface area (Å²) in [6.07, 6.45) is 0. The number of methoxy groups -OCH3 is 1. The predicted octanol–water partition coefficient (Wildman–Crippen LogP) is 2.81. The zero-order chi connectivity index (χ0) is 12.5. The van der Waals surface area contributed by atoms with E-state index in [2.05, 4.69) is 29.4 Å². The molecule has 1 N–H and O–H groups in total. The van der Waals surface area contributed by atoms with Gasteiger partial charge in [0.1, 0.15) is 10.8 Å². The van der Waals surface area contributed by atoms with Crippen molar-refractivity contribution in [1.29, 1.82) is 0 Å². The van der Waals surface area contributed by atoms with Crippen molar-refractivity contribution in [3.8, 4) is 16.3 Å². The topological polar surface area (TPSA) is 34.1 Å². The van der Waals surface area contributed by atoms with Crippen LogP contribution in [0.25, 0.3) is 10.6 Å². The fraction of sp³-hybridized carbons (Fsp3) is 0.357. The molecule has 0 spiro atoms. The summed E-state index contributed by atoms with van der Waals surface area (Å²) in [4.78, 5) is 6.12. The second kappa shape index (κ2) is 4.71. The second-order valence-electron chi connectivity index (χ2n) is 4.55. The largest absolute Gasteiger partial charge is 0.497 e. The fourth-order valence-corrected chi connectivity index (χ4v) is 3.29. The molecule has 0 amide bonds. The molecule has 1 aromatic heterocycles. The lowest BCUT2D eigenvalue weighted by Crippen LogP contribution is -2.39. The molecule has 1 saturated heterocycles. The predicted molar refractivity (Wildman–Crippen MR) is 74.4 cm³/mol. The summed E-state index contributed by atoms with van der Waals surface area (Å²) in [5.41, 5.74) is 2.35. The highest BCUT2D eigenvalue weighted by molar-refractivity contribution is 7.15. The van der Waals surface area contributed by atoms with Gasteiger partial charge in [-0.3, -0.25) is 0 Å². The molecule has 0 aliphatic carbocycles. The first-order chi connectivity index (χ1) is 8.78. The normalized spacial score (nSPS) is 15.4. The van der Waals surface area contributed by atoms with E-state index in [1.54, 1.807) is 7.11 Å². The molecule has 2 heterocycles. The van der Waals surface area contributed by atoms with Gasteiger partial charge in [-0.2, -0.15) is 0 Å². The Kier molecular flexibility index (Phi) is 3.06. The number of nitrogens with one attached hydrogen (secondary N) is 1. The highest BCUT2D eigenvalue weighted by Crippen LogP contribution is 2.34. The van der Waals surface area contributed by atoms with Crippen molar-refractivity contribution in [2.75, 3.05) is 20.2 Å². The van der Waals surface area contributed by atoms with Crippen LogP contribution in [0, 0.1) is 6.92 Å². The van der Waals surface area contributed by atoms with Crippen LogP contribution in [0.2, 0.25) is 0 Å². The molecule has 0 atom stereocenters. The maximum atomic E-state index is 5.17. The molecular weight excluding hydrogens is 244 g/mol. The van der Waals surface area contributed by atoms with Crippen LogP contribution in [0.3, 0.4) is 0 Å². The van der Waals surface area contributed by atoms with Crippen LogP contribution in [-0.4, -0.2) is 25.2 Å². The lowest BCUT2D eigenvalue weighted by atomic mass is 10.0. The Bertz CT molecular complexity index is 543. The summed E-state index contributed by atoms with van der Waals surface area (Å²) in [6, 6.07) is 8.10. The van der Waals surface area contributed by atoms with Gasteiger partial charge < -0.3 is 10.1 Å². The molecule has 3 nitrogen and oxygen atoms in total. The SMILES string of the molecule is COc1ccc(-c2nc(C)c(C3CNC3)s2)cc1. The van der Waals surface area contributed by atoms with Crippen LogP contribution in [-0.2, 0) is 0 Å². The summed E-state index contributed by atoms with van der Waals surface area (Å²) in [5.74, 6) is 1.55. The molecule has 94 valence electrons. The quantitative estimate of drug-likeness (QED) is 0.921. The molecule has 1 aliphatic rings. The monoisotopic (exact) mass is 260 g/mol. The Morgan fingerprint density at radius 3 is 2.56 bits per heavy atom. The highest BCUT2D eigenvalue weighted by atomic mass is 32.1. The van der Waals surface area contributed by atoms with Gasteiger partial charge in [-0.25, -0.2) is 4.98 Å².